The second kappa shape index (κ2) is 11.4. The standard InChI is InChI=1S/C29H36FN3O4/c1-5-20-24(33-28(35)26(20)30)15-37-29-22-13-25(36-4)23(27(31)34)12-21(22)19(14-32-29)11-8-17-6-9-18(10-7-17)16(2)3/h12-14,16-18,20,24,26H,5-7,9-10,15H2,1-4H3,(H2,31,34)(H,33,35)/t17?,18?,20-,24+,26-/m0/s1. The summed E-state index contributed by atoms with van der Waals surface area (Å²) in [5.74, 6) is 7.37. The average molecular weight is 510 g/mol. The first-order chi connectivity index (χ1) is 17.7. The number of nitrogens with two attached hydrogens (primary N) is 1. The number of hydrogen-bond donors (Lipinski definition) is 2. The molecule has 1 aliphatic carbocycles. The van der Waals surface area contributed by atoms with Crippen LogP contribution in [0.5, 0.6) is 11.6 Å². The predicted molar refractivity (Wildman–Crippen MR) is 140 cm³/mol. The lowest BCUT2D eigenvalue weighted by molar-refractivity contribution is -0.123. The van der Waals surface area contributed by atoms with E-state index in [1.54, 1.807) is 18.3 Å². The minimum Gasteiger partial charge on any atom is -0.496 e. The second-order valence-corrected chi connectivity index (χ2v) is 10.5. The zero-order chi connectivity index (χ0) is 26.7. The molecule has 8 heteroatoms. The van der Waals surface area contributed by atoms with Crippen LogP contribution in [-0.4, -0.2) is 42.7 Å². The fraction of sp³-hybridized carbons (Fsp3) is 0.552. The van der Waals surface area contributed by atoms with Crippen LogP contribution in [-0.2, 0) is 4.79 Å². The molecule has 1 aromatic heterocycles. The Hall–Kier alpha value is -3.34. The lowest BCUT2D eigenvalue weighted by Gasteiger charge is -2.28. The number of pyridine rings is 1. The molecular formula is C29H36FN3O4. The number of amides is 2. The molecule has 2 aromatic rings. The number of aromatic nitrogens is 1. The molecule has 198 valence electrons. The molecule has 1 saturated heterocycles. The number of carbonyl (C=O) groups is 2. The monoisotopic (exact) mass is 509 g/mol. The molecule has 7 nitrogen and oxygen atoms in total. The van der Waals surface area contributed by atoms with Crippen molar-refractivity contribution in [2.75, 3.05) is 13.7 Å². The summed E-state index contributed by atoms with van der Waals surface area (Å²) in [6, 6.07) is 2.87. The van der Waals surface area contributed by atoms with Crippen molar-refractivity contribution in [2.45, 2.75) is 65.1 Å². The maximum atomic E-state index is 14.2. The van der Waals surface area contributed by atoms with Gasteiger partial charge in [0.2, 0.25) is 5.88 Å². The normalized spacial score (nSPS) is 25.5. The van der Waals surface area contributed by atoms with Crippen molar-refractivity contribution in [1.82, 2.24) is 10.3 Å². The van der Waals surface area contributed by atoms with Crippen molar-refractivity contribution in [3.63, 3.8) is 0 Å². The summed E-state index contributed by atoms with van der Waals surface area (Å²) in [5, 5.41) is 3.95. The number of primary amides is 1. The number of methoxy groups -OCH3 is 1. The van der Waals surface area contributed by atoms with Crippen molar-refractivity contribution >= 4 is 22.6 Å². The highest BCUT2D eigenvalue weighted by molar-refractivity contribution is 6.03. The number of carbonyl (C=O) groups excluding carboxylic acids is 2. The number of fused-ring (bicyclic) bond motifs is 1. The van der Waals surface area contributed by atoms with Gasteiger partial charge in [0, 0.05) is 28.8 Å². The van der Waals surface area contributed by atoms with Gasteiger partial charge in [-0.25, -0.2) is 9.37 Å². The van der Waals surface area contributed by atoms with Crippen LogP contribution in [0.15, 0.2) is 18.3 Å². The summed E-state index contributed by atoms with van der Waals surface area (Å²) < 4.78 is 25.6. The second-order valence-electron chi connectivity index (χ2n) is 10.5. The van der Waals surface area contributed by atoms with Gasteiger partial charge in [-0.1, -0.05) is 32.6 Å². The van der Waals surface area contributed by atoms with Crippen LogP contribution >= 0.6 is 0 Å². The molecule has 3 N–H and O–H groups in total. The van der Waals surface area contributed by atoms with Gasteiger partial charge in [0.1, 0.15) is 12.4 Å². The highest BCUT2D eigenvalue weighted by atomic mass is 19.1. The molecule has 0 bridgehead atoms. The maximum Gasteiger partial charge on any atom is 0.255 e. The number of benzene rings is 1. The first kappa shape index (κ1) is 26.7. The van der Waals surface area contributed by atoms with Gasteiger partial charge >= 0.3 is 0 Å². The van der Waals surface area contributed by atoms with Gasteiger partial charge in [0.25, 0.3) is 11.8 Å². The molecular weight excluding hydrogens is 473 g/mol. The summed E-state index contributed by atoms with van der Waals surface area (Å²) in [5.41, 5.74) is 6.53. The Bertz CT molecular complexity index is 1230. The summed E-state index contributed by atoms with van der Waals surface area (Å²) in [4.78, 5) is 28.5. The minimum absolute atomic E-state index is 0.0662. The van der Waals surface area contributed by atoms with Crippen molar-refractivity contribution in [2.24, 2.45) is 29.4 Å². The van der Waals surface area contributed by atoms with Crippen LogP contribution in [0.2, 0.25) is 0 Å². The lowest BCUT2D eigenvalue weighted by atomic mass is 9.77. The summed E-state index contributed by atoms with van der Waals surface area (Å²) in [6.45, 7) is 6.47. The largest absolute Gasteiger partial charge is 0.496 e. The molecule has 2 heterocycles. The molecule has 0 radical (unpaired) electrons. The van der Waals surface area contributed by atoms with Crippen molar-refractivity contribution in [3.05, 3.63) is 29.5 Å². The molecule has 4 rings (SSSR count). The van der Waals surface area contributed by atoms with Crippen LogP contribution in [0.4, 0.5) is 4.39 Å². The van der Waals surface area contributed by atoms with E-state index in [1.165, 1.54) is 20.0 Å². The fourth-order valence-corrected chi connectivity index (χ4v) is 5.52. The quantitative estimate of drug-likeness (QED) is 0.539. The molecule has 0 spiro atoms. The van der Waals surface area contributed by atoms with Gasteiger partial charge in [-0.05, 0) is 56.1 Å². The topological polar surface area (TPSA) is 104 Å². The van der Waals surface area contributed by atoms with E-state index in [-0.39, 0.29) is 12.2 Å². The Labute approximate surface area is 217 Å². The molecule has 1 aliphatic heterocycles. The Morgan fingerprint density at radius 3 is 2.59 bits per heavy atom. The Morgan fingerprint density at radius 2 is 1.97 bits per heavy atom. The number of hydrogen-bond acceptors (Lipinski definition) is 5. The smallest absolute Gasteiger partial charge is 0.255 e. The third kappa shape index (κ3) is 5.66. The summed E-state index contributed by atoms with van der Waals surface area (Å²) >= 11 is 0. The minimum atomic E-state index is -1.55. The van der Waals surface area contributed by atoms with Gasteiger partial charge in [0.05, 0.1) is 24.3 Å². The van der Waals surface area contributed by atoms with E-state index in [1.807, 2.05) is 6.92 Å². The Balaban J connectivity index is 1.65. The van der Waals surface area contributed by atoms with Gasteiger partial charge in [-0.3, -0.25) is 9.59 Å². The fourth-order valence-electron chi connectivity index (χ4n) is 5.52. The van der Waals surface area contributed by atoms with E-state index in [0.717, 1.165) is 18.8 Å². The SMILES string of the molecule is CC[C@@H]1[C@H](F)C(=O)N[C@@H]1COc1ncc(C#CC2CCC(C(C)C)CC2)c2cc(C(N)=O)c(OC)cc12. The van der Waals surface area contributed by atoms with Crippen molar-refractivity contribution < 1.29 is 23.5 Å². The van der Waals surface area contributed by atoms with E-state index in [4.69, 9.17) is 15.2 Å². The van der Waals surface area contributed by atoms with E-state index in [2.05, 4.69) is 36.0 Å². The van der Waals surface area contributed by atoms with Crippen LogP contribution in [0.1, 0.15) is 68.8 Å². The number of alkyl halides is 1. The molecule has 37 heavy (non-hydrogen) atoms. The highest BCUT2D eigenvalue weighted by Gasteiger charge is 2.41. The van der Waals surface area contributed by atoms with E-state index >= 15 is 0 Å². The lowest BCUT2D eigenvalue weighted by Crippen LogP contribution is -2.34. The van der Waals surface area contributed by atoms with E-state index < -0.39 is 29.9 Å². The van der Waals surface area contributed by atoms with Crippen LogP contribution in [0.25, 0.3) is 10.8 Å². The zero-order valence-electron chi connectivity index (χ0n) is 22.0. The Morgan fingerprint density at radius 1 is 1.24 bits per heavy atom. The van der Waals surface area contributed by atoms with Crippen LogP contribution < -0.4 is 20.5 Å². The zero-order valence-corrected chi connectivity index (χ0v) is 22.0. The summed E-state index contributed by atoms with van der Waals surface area (Å²) in [6.07, 6.45) is 5.10. The number of ether oxygens (including phenoxy) is 2. The van der Waals surface area contributed by atoms with Crippen molar-refractivity contribution in [1.29, 1.82) is 0 Å². The van der Waals surface area contributed by atoms with E-state index in [9.17, 15) is 14.0 Å². The van der Waals surface area contributed by atoms with E-state index in [0.29, 0.717) is 46.2 Å². The molecule has 0 unspecified atom stereocenters. The number of rotatable bonds is 7. The third-order valence-corrected chi connectivity index (χ3v) is 7.90. The summed E-state index contributed by atoms with van der Waals surface area (Å²) in [7, 11) is 1.46. The number of halogens is 1. The molecule has 2 fully saturated rings. The highest BCUT2D eigenvalue weighted by Crippen LogP contribution is 2.35. The van der Waals surface area contributed by atoms with Crippen LogP contribution in [0.3, 0.4) is 0 Å². The van der Waals surface area contributed by atoms with Crippen LogP contribution in [0, 0.1) is 35.5 Å². The first-order valence-electron chi connectivity index (χ1n) is 13.1. The van der Waals surface area contributed by atoms with Gasteiger partial charge in [-0.15, -0.1) is 0 Å². The third-order valence-electron chi connectivity index (χ3n) is 7.90. The van der Waals surface area contributed by atoms with Gasteiger partial charge < -0.3 is 20.5 Å². The van der Waals surface area contributed by atoms with Gasteiger partial charge in [-0.2, -0.15) is 0 Å². The molecule has 2 aliphatic rings. The number of nitrogens with zero attached hydrogens (tertiary/aromatic N) is 1. The average Bonchev–Trinajstić information content (AvgIpc) is 3.17. The number of nitrogens with one attached hydrogen (secondary N) is 1. The predicted octanol–water partition coefficient (Wildman–Crippen LogP) is 4.40. The Kier molecular flexibility index (Phi) is 8.21. The molecule has 2 amide bonds. The first-order valence-corrected chi connectivity index (χ1v) is 13.1. The van der Waals surface area contributed by atoms with Crippen molar-refractivity contribution in [3.8, 4) is 23.5 Å². The molecule has 3 atom stereocenters. The molecule has 1 aromatic carbocycles. The van der Waals surface area contributed by atoms with Gasteiger partial charge in [0.15, 0.2) is 6.17 Å². The molecule has 1 saturated carbocycles. The maximum absolute atomic E-state index is 14.2.